The van der Waals surface area contributed by atoms with Gasteiger partial charge in [-0.25, -0.2) is 4.79 Å². The summed E-state index contributed by atoms with van der Waals surface area (Å²) in [6.45, 7) is 1.87. The molecule has 2 aromatic heterocycles. The van der Waals surface area contributed by atoms with Crippen molar-refractivity contribution in [3.05, 3.63) is 39.4 Å². The molecule has 1 aliphatic carbocycles. The number of fused-ring (bicyclic) bond motifs is 3. The monoisotopic (exact) mass is 375 g/mol. The van der Waals surface area contributed by atoms with E-state index in [4.69, 9.17) is 0 Å². The Labute approximate surface area is 141 Å². The molecule has 0 unspecified atom stereocenters. The third-order valence-corrected chi connectivity index (χ3v) is 5.39. The molecule has 0 amide bonds. The highest BCUT2D eigenvalue weighted by Gasteiger charge is 2.31. The van der Waals surface area contributed by atoms with Gasteiger partial charge in [-0.3, -0.25) is 9.55 Å². The molecular formula is C17H18BrN3O2. The Morgan fingerprint density at radius 3 is 2.87 bits per heavy atom. The molecule has 2 heterocycles. The summed E-state index contributed by atoms with van der Waals surface area (Å²) in [4.78, 5) is 19.9. The molecule has 3 aromatic rings. The van der Waals surface area contributed by atoms with Crippen molar-refractivity contribution >= 4 is 37.9 Å². The zero-order chi connectivity index (χ0) is 16.2. The van der Waals surface area contributed by atoms with Gasteiger partial charge in [0.25, 0.3) is 0 Å². The zero-order valence-corrected chi connectivity index (χ0v) is 14.4. The molecular weight excluding hydrogens is 358 g/mol. The fourth-order valence-corrected chi connectivity index (χ4v) is 3.97. The van der Waals surface area contributed by atoms with E-state index in [-0.39, 0.29) is 11.7 Å². The maximum Gasteiger partial charge on any atom is 0.326 e. The van der Waals surface area contributed by atoms with Crippen molar-refractivity contribution in [3.63, 3.8) is 0 Å². The molecule has 1 aromatic carbocycles. The van der Waals surface area contributed by atoms with Gasteiger partial charge in [0.2, 0.25) is 0 Å². The lowest BCUT2D eigenvalue weighted by atomic mass is 9.83. The second kappa shape index (κ2) is 5.18. The molecule has 1 fully saturated rings. The van der Waals surface area contributed by atoms with Crippen LogP contribution in [0.4, 0.5) is 0 Å². The lowest BCUT2D eigenvalue weighted by Gasteiger charge is -2.33. The van der Waals surface area contributed by atoms with Gasteiger partial charge in [-0.1, -0.05) is 15.9 Å². The second-order valence-corrected chi connectivity index (χ2v) is 7.63. The molecule has 120 valence electrons. The average molecular weight is 376 g/mol. The van der Waals surface area contributed by atoms with E-state index in [1.807, 2.05) is 29.7 Å². The smallest absolute Gasteiger partial charge is 0.326 e. The molecule has 0 bridgehead atoms. The number of hydrogen-bond acceptors (Lipinski definition) is 3. The highest BCUT2D eigenvalue weighted by Crippen LogP contribution is 2.36. The van der Waals surface area contributed by atoms with Crippen LogP contribution in [0.3, 0.4) is 0 Å². The minimum absolute atomic E-state index is 0.0965. The van der Waals surface area contributed by atoms with Crippen LogP contribution >= 0.6 is 15.9 Å². The number of hydrogen-bond donors (Lipinski definition) is 2. The first kappa shape index (κ1) is 14.9. The van der Waals surface area contributed by atoms with Crippen LogP contribution < -0.4 is 5.69 Å². The van der Waals surface area contributed by atoms with Gasteiger partial charge in [0.1, 0.15) is 0 Å². The fourth-order valence-electron chi connectivity index (χ4n) is 3.61. The van der Waals surface area contributed by atoms with Crippen LogP contribution in [0.5, 0.6) is 0 Å². The van der Waals surface area contributed by atoms with Gasteiger partial charge in [-0.15, -0.1) is 0 Å². The van der Waals surface area contributed by atoms with E-state index in [1.54, 1.807) is 6.20 Å². The minimum atomic E-state index is -0.612. The van der Waals surface area contributed by atoms with Gasteiger partial charge < -0.3 is 10.1 Å². The van der Waals surface area contributed by atoms with Crippen molar-refractivity contribution in [2.24, 2.45) is 0 Å². The summed E-state index contributed by atoms with van der Waals surface area (Å²) in [6, 6.07) is 6.02. The van der Waals surface area contributed by atoms with Crippen LogP contribution in [0.15, 0.2) is 33.7 Å². The number of aromatic amines is 1. The highest BCUT2D eigenvalue weighted by atomic mass is 79.9. The number of halogens is 1. The van der Waals surface area contributed by atoms with Crippen LogP contribution in [0, 0.1) is 0 Å². The normalized spacial score (nSPS) is 25.3. The van der Waals surface area contributed by atoms with Crippen molar-refractivity contribution in [2.45, 2.75) is 44.2 Å². The van der Waals surface area contributed by atoms with E-state index in [2.05, 4.69) is 25.9 Å². The molecule has 0 atom stereocenters. The molecule has 0 aliphatic heterocycles. The average Bonchev–Trinajstić information content (AvgIpc) is 2.84. The van der Waals surface area contributed by atoms with Crippen molar-refractivity contribution in [2.75, 3.05) is 0 Å². The topological polar surface area (TPSA) is 70.9 Å². The van der Waals surface area contributed by atoms with Crippen LogP contribution in [0.25, 0.3) is 21.9 Å². The second-order valence-electron chi connectivity index (χ2n) is 6.71. The Morgan fingerprint density at radius 1 is 1.39 bits per heavy atom. The molecule has 23 heavy (non-hydrogen) atoms. The lowest BCUT2D eigenvalue weighted by Crippen LogP contribution is -2.34. The Hall–Kier alpha value is -1.66. The predicted octanol–water partition coefficient (Wildman–Crippen LogP) is 3.51. The third kappa shape index (κ3) is 2.50. The standard InChI is InChI=1S/C17H18BrN3O2/c1-17(23)6-4-11(5-7-17)21-15-12-8-10(18)2-3-13(12)19-9-14(15)20-16(21)22/h2-3,8-9,11,23H,4-7H2,1H3,(H,20,22). The van der Waals surface area contributed by atoms with Crippen LogP contribution in [-0.4, -0.2) is 25.2 Å². The number of nitrogens with one attached hydrogen (secondary N) is 1. The predicted molar refractivity (Wildman–Crippen MR) is 93.7 cm³/mol. The minimum Gasteiger partial charge on any atom is -0.390 e. The first-order chi connectivity index (χ1) is 10.9. The van der Waals surface area contributed by atoms with E-state index in [1.165, 1.54) is 0 Å². The Morgan fingerprint density at radius 2 is 2.13 bits per heavy atom. The number of rotatable bonds is 1. The maximum absolute atomic E-state index is 12.5. The Kier molecular flexibility index (Phi) is 3.35. The van der Waals surface area contributed by atoms with Crippen molar-refractivity contribution in [1.29, 1.82) is 0 Å². The summed E-state index contributed by atoms with van der Waals surface area (Å²) in [6.07, 6.45) is 4.75. The van der Waals surface area contributed by atoms with E-state index in [0.29, 0.717) is 12.8 Å². The zero-order valence-electron chi connectivity index (χ0n) is 12.8. The molecule has 1 saturated carbocycles. The summed E-state index contributed by atoms with van der Waals surface area (Å²) >= 11 is 3.50. The summed E-state index contributed by atoms with van der Waals surface area (Å²) in [5.74, 6) is 0. The first-order valence-corrected chi connectivity index (χ1v) is 8.65. The van der Waals surface area contributed by atoms with E-state index in [9.17, 15) is 9.90 Å². The van der Waals surface area contributed by atoms with Crippen LogP contribution in [0.2, 0.25) is 0 Å². The van der Waals surface area contributed by atoms with Gasteiger partial charge in [-0.2, -0.15) is 0 Å². The molecule has 4 rings (SSSR count). The van der Waals surface area contributed by atoms with E-state index >= 15 is 0 Å². The van der Waals surface area contributed by atoms with Crippen LogP contribution in [0.1, 0.15) is 38.6 Å². The largest absolute Gasteiger partial charge is 0.390 e. The number of aromatic nitrogens is 3. The first-order valence-electron chi connectivity index (χ1n) is 7.85. The number of H-pyrrole nitrogens is 1. The lowest BCUT2D eigenvalue weighted by molar-refractivity contribution is 0.0101. The SMILES string of the molecule is CC1(O)CCC(n2c(=O)[nH]c3cnc4ccc(Br)cc4c32)CC1. The van der Waals surface area contributed by atoms with Gasteiger partial charge in [-0.05, 0) is 50.8 Å². The molecule has 0 radical (unpaired) electrons. The molecule has 2 N–H and O–H groups in total. The quantitative estimate of drug-likeness (QED) is 0.683. The summed E-state index contributed by atoms with van der Waals surface area (Å²) in [5.41, 5.74) is 1.83. The van der Waals surface area contributed by atoms with Crippen LogP contribution in [-0.2, 0) is 0 Å². The molecule has 0 spiro atoms. The number of pyridine rings is 1. The fraction of sp³-hybridized carbons (Fsp3) is 0.412. The summed E-state index contributed by atoms with van der Waals surface area (Å²) in [7, 11) is 0. The van der Waals surface area contributed by atoms with Crippen molar-refractivity contribution in [1.82, 2.24) is 14.5 Å². The van der Waals surface area contributed by atoms with Crippen molar-refractivity contribution < 1.29 is 5.11 Å². The summed E-state index contributed by atoms with van der Waals surface area (Å²) in [5, 5.41) is 11.1. The van der Waals surface area contributed by atoms with Gasteiger partial charge in [0.05, 0.1) is 28.3 Å². The Bertz CT molecular complexity index is 948. The molecule has 6 heteroatoms. The number of nitrogens with zero attached hydrogens (tertiary/aromatic N) is 2. The maximum atomic E-state index is 12.5. The number of aliphatic hydroxyl groups is 1. The van der Waals surface area contributed by atoms with Gasteiger partial charge >= 0.3 is 5.69 Å². The van der Waals surface area contributed by atoms with Gasteiger partial charge in [0, 0.05) is 15.9 Å². The third-order valence-electron chi connectivity index (χ3n) is 4.90. The van der Waals surface area contributed by atoms with Crippen molar-refractivity contribution in [3.8, 4) is 0 Å². The Balaban J connectivity index is 1.94. The summed E-state index contributed by atoms with van der Waals surface area (Å²) < 4.78 is 2.83. The van der Waals surface area contributed by atoms with Gasteiger partial charge in [0.15, 0.2) is 0 Å². The molecule has 1 aliphatic rings. The number of benzene rings is 1. The molecule has 0 saturated heterocycles. The van der Waals surface area contributed by atoms with E-state index in [0.717, 1.165) is 39.3 Å². The van der Waals surface area contributed by atoms with E-state index < -0.39 is 5.60 Å². The molecule has 5 nitrogen and oxygen atoms in total. The highest BCUT2D eigenvalue weighted by molar-refractivity contribution is 9.10. The number of imidazole rings is 1.